The smallest absolute Gasteiger partial charge is 0.201 e. The van der Waals surface area contributed by atoms with Crippen LogP contribution < -0.4 is 4.57 Å². The fraction of sp³-hybridized carbons (Fsp3) is 0.292. The van der Waals surface area contributed by atoms with E-state index in [1.165, 1.54) is 0 Å². The molecule has 0 aliphatic rings. The van der Waals surface area contributed by atoms with Gasteiger partial charge in [-0.25, -0.2) is 4.57 Å². The first-order valence-corrected chi connectivity index (χ1v) is 8.62. The summed E-state index contributed by atoms with van der Waals surface area (Å²) in [6.07, 6.45) is 1.98. The second-order valence-corrected chi connectivity index (χ2v) is 6.89. The van der Waals surface area contributed by atoms with E-state index in [1.54, 1.807) is 12.1 Å². The van der Waals surface area contributed by atoms with Crippen LogP contribution in [-0.4, -0.2) is 0 Å². The summed E-state index contributed by atoms with van der Waals surface area (Å²) in [6, 6.07) is 15.5. The molecule has 128 valence electrons. The van der Waals surface area contributed by atoms with Gasteiger partial charge in [-0.1, -0.05) is 44.2 Å². The van der Waals surface area contributed by atoms with E-state index >= 15 is 0 Å². The Kier molecular flexibility index (Phi) is 3.52. The van der Waals surface area contributed by atoms with E-state index in [0.717, 1.165) is 39.1 Å². The molecule has 0 saturated heterocycles. The summed E-state index contributed by atoms with van der Waals surface area (Å²) in [5.41, 5.74) is 7.06. The Hall–Kier alpha value is -2.41. The lowest BCUT2D eigenvalue weighted by molar-refractivity contribution is -0.660. The van der Waals surface area contributed by atoms with Crippen molar-refractivity contribution in [3.05, 3.63) is 77.0 Å². The molecule has 0 spiro atoms. The lowest BCUT2D eigenvalue weighted by Gasteiger charge is -2.15. The van der Waals surface area contributed by atoms with Crippen LogP contribution in [-0.2, 0) is 7.05 Å². The zero-order valence-electron chi connectivity index (χ0n) is 19.6. The van der Waals surface area contributed by atoms with Gasteiger partial charge in [-0.3, -0.25) is 0 Å². The van der Waals surface area contributed by atoms with Crippen LogP contribution in [0.5, 0.6) is 0 Å². The number of aryl methyl sites for hydroxylation is 3. The van der Waals surface area contributed by atoms with Crippen molar-refractivity contribution in [1.29, 1.82) is 0 Å². The number of rotatable bonds is 3. The predicted molar refractivity (Wildman–Crippen MR) is 107 cm³/mol. The molecular weight excluding hydrogens is 302 g/mol. The van der Waals surface area contributed by atoms with Crippen molar-refractivity contribution in [1.82, 2.24) is 0 Å². The van der Waals surface area contributed by atoms with Crippen LogP contribution >= 0.6 is 0 Å². The van der Waals surface area contributed by atoms with Crippen LogP contribution in [0.25, 0.3) is 22.4 Å². The average molecular weight is 335 g/mol. The molecule has 1 aromatic heterocycles. The van der Waals surface area contributed by atoms with E-state index in [0.29, 0.717) is 5.56 Å². The van der Waals surface area contributed by atoms with Crippen molar-refractivity contribution in [3.8, 4) is 22.4 Å². The number of nitrogens with zero attached hydrogens (tertiary/aromatic N) is 1. The molecule has 0 saturated carbocycles. The molecule has 1 heterocycles. The van der Waals surface area contributed by atoms with Crippen LogP contribution in [0.1, 0.15) is 47.5 Å². The van der Waals surface area contributed by atoms with E-state index in [2.05, 4.69) is 12.1 Å². The minimum absolute atomic E-state index is 0.378. The van der Waals surface area contributed by atoms with E-state index in [9.17, 15) is 0 Å². The third-order valence-electron chi connectivity index (χ3n) is 4.88. The van der Waals surface area contributed by atoms with Crippen LogP contribution in [0.15, 0.2) is 54.7 Å². The molecule has 3 aromatic rings. The first-order valence-electron chi connectivity index (χ1n) is 10.6. The van der Waals surface area contributed by atoms with Gasteiger partial charge in [0, 0.05) is 23.2 Å². The van der Waals surface area contributed by atoms with Crippen LogP contribution in [0.2, 0.25) is 0 Å². The molecule has 0 fully saturated rings. The van der Waals surface area contributed by atoms with Gasteiger partial charge in [0.1, 0.15) is 7.05 Å². The molecule has 3 rings (SSSR count). The van der Waals surface area contributed by atoms with Gasteiger partial charge in [0.2, 0.25) is 5.69 Å². The summed E-state index contributed by atoms with van der Waals surface area (Å²) in [5.74, 6) is -0.695. The molecule has 2 aromatic carbocycles. The second kappa shape index (κ2) is 6.84. The maximum Gasteiger partial charge on any atom is 0.212 e. The Morgan fingerprint density at radius 3 is 2.36 bits per heavy atom. The maximum atomic E-state index is 8.39. The van der Waals surface area contributed by atoms with Gasteiger partial charge in [0.05, 0.1) is 0 Å². The zero-order valence-corrected chi connectivity index (χ0v) is 15.6. The number of pyridine rings is 1. The van der Waals surface area contributed by atoms with Gasteiger partial charge in [0.25, 0.3) is 0 Å². The molecule has 0 unspecified atom stereocenters. The Morgan fingerprint density at radius 2 is 1.64 bits per heavy atom. The average Bonchev–Trinajstić information content (AvgIpc) is 2.61. The summed E-state index contributed by atoms with van der Waals surface area (Å²) in [6.45, 7) is 5.58. The summed E-state index contributed by atoms with van der Waals surface area (Å²) >= 11 is 0. The van der Waals surface area contributed by atoms with Crippen molar-refractivity contribution < 1.29 is 10.1 Å². The highest BCUT2D eigenvalue weighted by Gasteiger charge is 2.18. The minimum Gasteiger partial charge on any atom is -0.201 e. The highest BCUT2D eigenvalue weighted by Crippen LogP contribution is 2.34. The molecule has 0 aliphatic heterocycles. The molecule has 0 bridgehead atoms. The topological polar surface area (TPSA) is 3.88 Å². The lowest BCUT2D eigenvalue weighted by Crippen LogP contribution is -2.30. The van der Waals surface area contributed by atoms with E-state index in [4.69, 9.17) is 5.48 Å². The van der Waals surface area contributed by atoms with Crippen LogP contribution in [0.3, 0.4) is 0 Å². The summed E-state index contributed by atoms with van der Waals surface area (Å²) in [7, 11) is 1.99. The van der Waals surface area contributed by atoms with Crippen molar-refractivity contribution >= 4 is 0 Å². The Balaban J connectivity index is 2.28. The number of hydrogen-bond donors (Lipinski definition) is 0. The van der Waals surface area contributed by atoms with Gasteiger partial charge in [-0.2, -0.15) is 0 Å². The SMILES string of the molecule is [2H]C([2H])([2H])c1cccc(C)c1-c1cccc(-c2cc(C([2H])(C)C)cc[n+]2C)c1C. The zero-order chi connectivity index (χ0) is 21.6. The third kappa shape index (κ3) is 3.24. The monoisotopic (exact) mass is 334 g/mol. The molecule has 0 atom stereocenters. The van der Waals surface area contributed by atoms with Gasteiger partial charge in [-0.05, 0) is 66.0 Å². The summed E-state index contributed by atoms with van der Waals surface area (Å²) in [5, 5.41) is 0. The van der Waals surface area contributed by atoms with Crippen molar-refractivity contribution in [2.45, 2.75) is 40.4 Å². The van der Waals surface area contributed by atoms with E-state index in [-0.39, 0.29) is 0 Å². The minimum atomic E-state index is -2.18. The lowest BCUT2D eigenvalue weighted by atomic mass is 9.89. The summed E-state index contributed by atoms with van der Waals surface area (Å²) < 4.78 is 34.4. The molecule has 0 radical (unpaired) electrons. The van der Waals surface area contributed by atoms with Gasteiger partial charge in [-0.15, -0.1) is 0 Å². The van der Waals surface area contributed by atoms with Gasteiger partial charge < -0.3 is 0 Å². The standard InChI is InChI=1S/C24H28N/c1-16(2)20-13-14-25(6)23(15-20)21-11-8-12-22(19(21)5)24-17(3)9-7-10-18(24)4/h7-16H,1-6H3/q+1/i3D3,16D. The quantitative estimate of drug-likeness (QED) is 0.525. The Labute approximate surface area is 157 Å². The largest absolute Gasteiger partial charge is 0.212 e. The molecule has 0 amide bonds. The molecule has 0 N–H and O–H groups in total. The molecule has 0 aliphatic carbocycles. The number of hydrogen-bond acceptors (Lipinski definition) is 0. The second-order valence-electron chi connectivity index (χ2n) is 6.89. The van der Waals surface area contributed by atoms with Crippen molar-refractivity contribution in [2.24, 2.45) is 7.05 Å². The number of aromatic nitrogens is 1. The van der Waals surface area contributed by atoms with Gasteiger partial charge in [0.15, 0.2) is 6.20 Å². The first kappa shape index (κ1) is 12.9. The third-order valence-corrected chi connectivity index (χ3v) is 4.88. The fourth-order valence-electron chi connectivity index (χ4n) is 3.36. The van der Waals surface area contributed by atoms with Gasteiger partial charge >= 0.3 is 0 Å². The molecular formula is C24H28N+. The fourth-order valence-corrected chi connectivity index (χ4v) is 3.36. The highest BCUT2D eigenvalue weighted by atomic mass is 14.9. The van der Waals surface area contributed by atoms with Crippen LogP contribution in [0.4, 0.5) is 0 Å². The predicted octanol–water partition coefficient (Wildman–Crippen LogP) is 5.89. The van der Waals surface area contributed by atoms with Crippen LogP contribution in [0, 0.1) is 20.7 Å². The highest BCUT2D eigenvalue weighted by molar-refractivity contribution is 5.79. The Bertz CT molecular complexity index is 1060. The summed E-state index contributed by atoms with van der Waals surface area (Å²) in [4.78, 5) is 0. The van der Waals surface area contributed by atoms with E-state index < -0.39 is 12.7 Å². The van der Waals surface area contributed by atoms with E-state index in [1.807, 2.05) is 69.8 Å². The molecule has 25 heavy (non-hydrogen) atoms. The maximum absolute atomic E-state index is 8.39. The first-order chi connectivity index (χ1) is 13.4. The normalized spacial score (nSPS) is 14.4. The molecule has 1 nitrogen and oxygen atoms in total. The van der Waals surface area contributed by atoms with Crippen molar-refractivity contribution in [2.75, 3.05) is 0 Å². The van der Waals surface area contributed by atoms with Crippen molar-refractivity contribution in [3.63, 3.8) is 0 Å². The number of benzene rings is 2. The molecule has 1 heteroatoms. The Morgan fingerprint density at radius 1 is 0.960 bits per heavy atom.